The number of aliphatic hydroxyl groups is 1. The van der Waals surface area contributed by atoms with Gasteiger partial charge in [-0.25, -0.2) is 0 Å². The first kappa shape index (κ1) is 14.4. The summed E-state index contributed by atoms with van der Waals surface area (Å²) in [6, 6.07) is 11.2. The van der Waals surface area contributed by atoms with E-state index in [1.807, 2.05) is 25.1 Å². The zero-order valence-corrected chi connectivity index (χ0v) is 11.7. The fraction of sp³-hybridized carbons (Fsp3) is 0.250. The lowest BCUT2D eigenvalue weighted by Gasteiger charge is -2.14. The number of ether oxygens (including phenoxy) is 2. The highest BCUT2D eigenvalue weighted by atomic mass is 16.5. The summed E-state index contributed by atoms with van der Waals surface area (Å²) in [5.41, 5.74) is 8.60. The summed E-state index contributed by atoms with van der Waals surface area (Å²) >= 11 is 0. The highest BCUT2D eigenvalue weighted by Gasteiger charge is 2.09. The van der Waals surface area contributed by atoms with Gasteiger partial charge in [-0.2, -0.15) is 0 Å². The molecule has 3 N–H and O–H groups in total. The normalized spacial score (nSPS) is 10.4. The largest absolute Gasteiger partial charge is 0.493 e. The van der Waals surface area contributed by atoms with Gasteiger partial charge in [-0.15, -0.1) is 0 Å². The van der Waals surface area contributed by atoms with Crippen LogP contribution in [-0.4, -0.2) is 12.2 Å². The van der Waals surface area contributed by atoms with Crippen molar-refractivity contribution in [3.8, 4) is 17.2 Å². The van der Waals surface area contributed by atoms with Gasteiger partial charge in [0.15, 0.2) is 11.5 Å². The molecule has 0 radical (unpaired) electrons. The van der Waals surface area contributed by atoms with E-state index in [-0.39, 0.29) is 6.61 Å². The number of rotatable bonds is 5. The SMILES string of the molecule is COc1cc(CO)ccc1Oc1ccc(C)cc1CN. The van der Waals surface area contributed by atoms with Gasteiger partial charge >= 0.3 is 0 Å². The highest BCUT2D eigenvalue weighted by molar-refractivity contribution is 5.47. The monoisotopic (exact) mass is 273 g/mol. The molecule has 20 heavy (non-hydrogen) atoms. The molecule has 2 aromatic rings. The Morgan fingerprint density at radius 3 is 2.45 bits per heavy atom. The van der Waals surface area contributed by atoms with E-state index in [9.17, 15) is 0 Å². The van der Waals surface area contributed by atoms with Gasteiger partial charge in [0.1, 0.15) is 5.75 Å². The number of nitrogens with two attached hydrogens (primary N) is 1. The first-order valence-corrected chi connectivity index (χ1v) is 6.43. The van der Waals surface area contributed by atoms with E-state index in [4.69, 9.17) is 20.3 Å². The molecular formula is C16H19NO3. The highest BCUT2D eigenvalue weighted by Crippen LogP contribution is 2.34. The third kappa shape index (κ3) is 3.10. The number of aliphatic hydroxyl groups excluding tert-OH is 1. The zero-order valence-electron chi connectivity index (χ0n) is 11.7. The minimum absolute atomic E-state index is 0.0325. The summed E-state index contributed by atoms with van der Waals surface area (Å²) in [6.07, 6.45) is 0. The second kappa shape index (κ2) is 6.41. The molecule has 0 bridgehead atoms. The van der Waals surface area contributed by atoms with Gasteiger partial charge in [-0.1, -0.05) is 23.8 Å². The summed E-state index contributed by atoms with van der Waals surface area (Å²) in [5.74, 6) is 1.90. The fourth-order valence-corrected chi connectivity index (χ4v) is 1.98. The minimum atomic E-state index is -0.0325. The molecule has 0 heterocycles. The van der Waals surface area contributed by atoms with Crippen molar-refractivity contribution < 1.29 is 14.6 Å². The standard InChI is InChI=1S/C16H19NO3/c1-11-3-5-14(13(7-11)9-17)20-15-6-4-12(10-18)8-16(15)19-2/h3-8,18H,9-10,17H2,1-2H3. The third-order valence-corrected chi connectivity index (χ3v) is 3.07. The van der Waals surface area contributed by atoms with Gasteiger partial charge in [-0.3, -0.25) is 0 Å². The van der Waals surface area contributed by atoms with Crippen molar-refractivity contribution in [1.29, 1.82) is 0 Å². The molecule has 0 aliphatic heterocycles. The molecule has 2 rings (SSSR count). The van der Waals surface area contributed by atoms with Crippen molar-refractivity contribution in [2.75, 3.05) is 7.11 Å². The van der Waals surface area contributed by atoms with E-state index >= 15 is 0 Å². The predicted octanol–water partition coefficient (Wildman–Crippen LogP) is 2.75. The van der Waals surface area contributed by atoms with E-state index in [0.29, 0.717) is 23.8 Å². The van der Waals surface area contributed by atoms with E-state index in [1.165, 1.54) is 0 Å². The molecule has 0 fully saturated rings. The third-order valence-electron chi connectivity index (χ3n) is 3.07. The van der Waals surface area contributed by atoms with E-state index in [0.717, 1.165) is 16.7 Å². The van der Waals surface area contributed by atoms with Crippen LogP contribution >= 0.6 is 0 Å². The maximum absolute atomic E-state index is 9.14. The number of aryl methyl sites for hydroxylation is 1. The van der Waals surface area contributed by atoms with Gasteiger partial charge < -0.3 is 20.3 Å². The Labute approximate surface area is 118 Å². The van der Waals surface area contributed by atoms with E-state index < -0.39 is 0 Å². The molecule has 4 nitrogen and oxygen atoms in total. The topological polar surface area (TPSA) is 64.7 Å². The molecule has 0 aliphatic rings. The van der Waals surface area contributed by atoms with Gasteiger partial charge in [0, 0.05) is 12.1 Å². The number of benzene rings is 2. The van der Waals surface area contributed by atoms with E-state index in [1.54, 1.807) is 25.3 Å². The Balaban J connectivity index is 2.34. The molecule has 0 atom stereocenters. The lowest BCUT2D eigenvalue weighted by molar-refractivity contribution is 0.280. The fourth-order valence-electron chi connectivity index (χ4n) is 1.98. The molecule has 4 heteroatoms. The molecule has 2 aromatic carbocycles. The summed E-state index contributed by atoms with van der Waals surface area (Å²) in [4.78, 5) is 0. The number of hydrogen-bond acceptors (Lipinski definition) is 4. The molecule has 0 saturated heterocycles. The van der Waals surface area contributed by atoms with Gasteiger partial charge in [0.25, 0.3) is 0 Å². The molecule has 0 aromatic heterocycles. The quantitative estimate of drug-likeness (QED) is 0.879. The van der Waals surface area contributed by atoms with Crippen molar-refractivity contribution in [2.24, 2.45) is 5.73 Å². The first-order chi connectivity index (χ1) is 9.67. The smallest absolute Gasteiger partial charge is 0.169 e. The predicted molar refractivity (Wildman–Crippen MR) is 78.1 cm³/mol. The van der Waals surface area contributed by atoms with Crippen molar-refractivity contribution in [3.63, 3.8) is 0 Å². The molecule has 0 saturated carbocycles. The van der Waals surface area contributed by atoms with Crippen molar-refractivity contribution in [3.05, 3.63) is 53.1 Å². The molecule has 0 spiro atoms. The van der Waals surface area contributed by atoms with Crippen molar-refractivity contribution in [1.82, 2.24) is 0 Å². The zero-order chi connectivity index (χ0) is 14.5. The van der Waals surface area contributed by atoms with Crippen LogP contribution in [0.3, 0.4) is 0 Å². The van der Waals surface area contributed by atoms with Crippen LogP contribution in [0.15, 0.2) is 36.4 Å². The average molecular weight is 273 g/mol. The van der Waals surface area contributed by atoms with Crippen LogP contribution < -0.4 is 15.2 Å². The van der Waals surface area contributed by atoms with Crippen LogP contribution in [0.4, 0.5) is 0 Å². The Hall–Kier alpha value is -2.04. The van der Waals surface area contributed by atoms with Gasteiger partial charge in [-0.05, 0) is 30.7 Å². The van der Waals surface area contributed by atoms with Crippen LogP contribution in [-0.2, 0) is 13.2 Å². The van der Waals surface area contributed by atoms with Crippen LogP contribution in [0.2, 0.25) is 0 Å². The van der Waals surface area contributed by atoms with Gasteiger partial charge in [0.2, 0.25) is 0 Å². The number of hydrogen-bond donors (Lipinski definition) is 2. The molecule has 0 amide bonds. The molecule has 106 valence electrons. The lowest BCUT2D eigenvalue weighted by atomic mass is 10.1. The summed E-state index contributed by atoms with van der Waals surface area (Å²) in [7, 11) is 1.57. The van der Waals surface area contributed by atoms with Crippen molar-refractivity contribution in [2.45, 2.75) is 20.1 Å². The van der Waals surface area contributed by atoms with Crippen molar-refractivity contribution >= 4 is 0 Å². The molecular weight excluding hydrogens is 254 g/mol. The Morgan fingerprint density at radius 1 is 1.05 bits per heavy atom. The Kier molecular flexibility index (Phi) is 4.61. The minimum Gasteiger partial charge on any atom is -0.493 e. The Morgan fingerprint density at radius 2 is 1.80 bits per heavy atom. The Bertz CT molecular complexity index is 596. The summed E-state index contributed by atoms with van der Waals surface area (Å²) in [5, 5.41) is 9.14. The van der Waals surface area contributed by atoms with E-state index in [2.05, 4.69) is 0 Å². The van der Waals surface area contributed by atoms with Crippen LogP contribution in [0.25, 0.3) is 0 Å². The molecule has 0 aliphatic carbocycles. The lowest BCUT2D eigenvalue weighted by Crippen LogP contribution is -2.01. The number of methoxy groups -OCH3 is 1. The first-order valence-electron chi connectivity index (χ1n) is 6.43. The second-order valence-electron chi connectivity index (χ2n) is 4.56. The maximum atomic E-state index is 9.14. The van der Waals surface area contributed by atoms with Gasteiger partial charge in [0.05, 0.1) is 13.7 Å². The van der Waals surface area contributed by atoms with Crippen LogP contribution in [0.1, 0.15) is 16.7 Å². The van der Waals surface area contributed by atoms with Crippen LogP contribution in [0.5, 0.6) is 17.2 Å². The maximum Gasteiger partial charge on any atom is 0.169 e. The second-order valence-corrected chi connectivity index (χ2v) is 4.56. The molecule has 0 unspecified atom stereocenters. The summed E-state index contributed by atoms with van der Waals surface area (Å²) in [6.45, 7) is 2.39. The van der Waals surface area contributed by atoms with Crippen LogP contribution in [0, 0.1) is 6.92 Å². The summed E-state index contributed by atoms with van der Waals surface area (Å²) < 4.78 is 11.2. The average Bonchev–Trinajstić information content (AvgIpc) is 2.49.